The average Bonchev–Trinajstić information content (AvgIpc) is 2.94. The summed E-state index contributed by atoms with van der Waals surface area (Å²) in [6, 6.07) is 2.99. The van der Waals surface area contributed by atoms with Crippen LogP contribution in [0.1, 0.15) is 18.9 Å². The van der Waals surface area contributed by atoms with E-state index in [2.05, 4.69) is 10.1 Å². The average molecular weight is 316 g/mol. The number of aromatic nitrogens is 3. The first-order valence-electron chi connectivity index (χ1n) is 6.00. The van der Waals surface area contributed by atoms with Gasteiger partial charge >= 0.3 is 0 Å². The van der Waals surface area contributed by atoms with Crippen LogP contribution in [0.25, 0.3) is 0 Å². The van der Waals surface area contributed by atoms with Crippen LogP contribution < -0.4 is 4.74 Å². The third-order valence-electron chi connectivity index (χ3n) is 2.61. The Morgan fingerprint density at radius 1 is 1.40 bits per heavy atom. The molecule has 0 atom stereocenters. The molecule has 1 aromatic carbocycles. The van der Waals surface area contributed by atoms with E-state index < -0.39 is 10.0 Å². The highest BCUT2D eigenvalue weighted by Gasteiger charge is 2.24. The Labute approximate surface area is 122 Å². The van der Waals surface area contributed by atoms with Crippen molar-refractivity contribution in [3.8, 4) is 5.75 Å². The van der Waals surface area contributed by atoms with Crippen LogP contribution >= 0.6 is 11.6 Å². The van der Waals surface area contributed by atoms with Gasteiger partial charge in [-0.2, -0.15) is 8.42 Å². The lowest BCUT2D eigenvalue weighted by Crippen LogP contribution is -2.15. The molecule has 2 aromatic rings. The van der Waals surface area contributed by atoms with E-state index in [0.717, 1.165) is 28.7 Å². The van der Waals surface area contributed by atoms with Gasteiger partial charge in [0.15, 0.2) is 0 Å². The van der Waals surface area contributed by atoms with Crippen molar-refractivity contribution in [1.29, 1.82) is 0 Å². The predicted molar refractivity (Wildman–Crippen MR) is 74.6 cm³/mol. The zero-order chi connectivity index (χ0) is 14.8. The van der Waals surface area contributed by atoms with Crippen LogP contribution in [0.4, 0.5) is 0 Å². The van der Waals surface area contributed by atoms with Gasteiger partial charge in [-0.3, -0.25) is 0 Å². The van der Waals surface area contributed by atoms with E-state index in [1.165, 1.54) is 6.07 Å². The van der Waals surface area contributed by atoms with Gasteiger partial charge in [-0.25, -0.2) is 4.98 Å². The Hall–Kier alpha value is -1.60. The molecule has 108 valence electrons. The second-order valence-corrected chi connectivity index (χ2v) is 6.34. The minimum Gasteiger partial charge on any atom is -0.492 e. The molecule has 1 aromatic heterocycles. The van der Waals surface area contributed by atoms with Crippen LogP contribution in [-0.2, 0) is 10.0 Å². The summed E-state index contributed by atoms with van der Waals surface area (Å²) in [7, 11) is -3.86. The van der Waals surface area contributed by atoms with E-state index in [-0.39, 0.29) is 10.6 Å². The molecule has 0 saturated heterocycles. The van der Waals surface area contributed by atoms with E-state index in [4.69, 9.17) is 16.3 Å². The molecular formula is C12H14ClN3O3S. The molecule has 0 spiro atoms. The summed E-state index contributed by atoms with van der Waals surface area (Å²) in [5, 5.41) is 4.01. The van der Waals surface area contributed by atoms with E-state index in [9.17, 15) is 8.42 Å². The van der Waals surface area contributed by atoms with E-state index >= 15 is 0 Å². The van der Waals surface area contributed by atoms with Crippen molar-refractivity contribution in [1.82, 2.24) is 14.2 Å². The lowest BCUT2D eigenvalue weighted by molar-refractivity contribution is 0.309. The van der Waals surface area contributed by atoms with Gasteiger partial charge in [-0.05, 0) is 31.0 Å². The molecule has 2 rings (SSSR count). The number of halogens is 1. The van der Waals surface area contributed by atoms with Gasteiger partial charge in [-0.15, -0.1) is 9.19 Å². The molecule has 0 N–H and O–H groups in total. The molecule has 20 heavy (non-hydrogen) atoms. The fraction of sp³-hybridized carbons (Fsp3) is 0.333. The number of rotatable bonds is 5. The number of aryl methyl sites for hydroxylation is 1. The number of hydrogen-bond donors (Lipinski definition) is 0. The van der Waals surface area contributed by atoms with Crippen LogP contribution in [0.3, 0.4) is 0 Å². The first-order valence-corrected chi connectivity index (χ1v) is 7.81. The minimum atomic E-state index is -3.86. The first kappa shape index (κ1) is 14.8. The molecule has 1 heterocycles. The summed E-state index contributed by atoms with van der Waals surface area (Å²) in [5.74, 6) is 0.268. The van der Waals surface area contributed by atoms with Crippen molar-refractivity contribution in [2.24, 2.45) is 0 Å². The number of ether oxygens (including phenoxy) is 1. The standard InChI is InChI=1S/C12H14ClN3O3S/c1-3-4-19-11-5-9(2)10(13)6-12(11)20(17,18)16-8-14-7-15-16/h5-8H,3-4H2,1-2H3. The molecule has 0 aliphatic rings. The Kier molecular flexibility index (Phi) is 4.29. The number of benzene rings is 1. The SMILES string of the molecule is CCCOc1cc(C)c(Cl)cc1S(=O)(=O)n1cncn1. The monoisotopic (exact) mass is 315 g/mol. The second kappa shape index (κ2) is 5.80. The third kappa shape index (κ3) is 2.78. The summed E-state index contributed by atoms with van der Waals surface area (Å²) < 4.78 is 31.2. The highest BCUT2D eigenvalue weighted by atomic mass is 35.5. The van der Waals surface area contributed by atoms with Crippen LogP contribution in [0.2, 0.25) is 5.02 Å². The molecule has 8 heteroatoms. The summed E-state index contributed by atoms with van der Waals surface area (Å²) in [4.78, 5) is 3.62. The fourth-order valence-corrected chi connectivity index (χ4v) is 3.00. The van der Waals surface area contributed by atoms with Gasteiger partial charge in [-0.1, -0.05) is 18.5 Å². The maximum absolute atomic E-state index is 12.5. The maximum Gasteiger partial charge on any atom is 0.288 e. The molecular weight excluding hydrogens is 302 g/mol. The zero-order valence-electron chi connectivity index (χ0n) is 11.1. The van der Waals surface area contributed by atoms with Gasteiger partial charge in [0.25, 0.3) is 10.0 Å². The normalized spacial score (nSPS) is 11.6. The summed E-state index contributed by atoms with van der Waals surface area (Å²) in [6.45, 7) is 4.14. The van der Waals surface area contributed by atoms with Crippen LogP contribution in [-0.4, -0.2) is 29.2 Å². The molecule has 0 aliphatic carbocycles. The first-order chi connectivity index (χ1) is 9.46. The summed E-state index contributed by atoms with van der Waals surface area (Å²) in [5.41, 5.74) is 0.746. The summed E-state index contributed by atoms with van der Waals surface area (Å²) >= 11 is 6.02. The van der Waals surface area contributed by atoms with Crippen molar-refractivity contribution in [3.05, 3.63) is 35.4 Å². The Morgan fingerprint density at radius 3 is 2.75 bits per heavy atom. The Morgan fingerprint density at radius 2 is 2.15 bits per heavy atom. The molecule has 0 radical (unpaired) electrons. The van der Waals surface area contributed by atoms with Crippen LogP contribution in [0.15, 0.2) is 29.7 Å². The van der Waals surface area contributed by atoms with Crippen molar-refractivity contribution in [2.45, 2.75) is 25.2 Å². The van der Waals surface area contributed by atoms with Crippen molar-refractivity contribution in [3.63, 3.8) is 0 Å². The number of nitrogens with zero attached hydrogens (tertiary/aromatic N) is 3. The predicted octanol–water partition coefficient (Wildman–Crippen LogP) is 2.27. The molecule has 0 aliphatic heterocycles. The Balaban J connectivity index is 2.57. The molecule has 0 fully saturated rings. The molecule has 0 amide bonds. The lowest BCUT2D eigenvalue weighted by Gasteiger charge is -2.13. The fourth-order valence-electron chi connectivity index (χ4n) is 1.59. The highest BCUT2D eigenvalue weighted by molar-refractivity contribution is 7.90. The maximum atomic E-state index is 12.5. The van der Waals surface area contributed by atoms with E-state index in [1.54, 1.807) is 13.0 Å². The van der Waals surface area contributed by atoms with Gasteiger partial charge in [0.1, 0.15) is 23.3 Å². The largest absolute Gasteiger partial charge is 0.492 e. The van der Waals surface area contributed by atoms with Crippen molar-refractivity contribution >= 4 is 21.6 Å². The Bertz CT molecular complexity index is 699. The molecule has 6 nitrogen and oxygen atoms in total. The van der Waals surface area contributed by atoms with Gasteiger partial charge < -0.3 is 4.74 Å². The molecule has 0 unspecified atom stereocenters. The second-order valence-electron chi connectivity index (χ2n) is 4.17. The van der Waals surface area contributed by atoms with Crippen molar-refractivity contribution in [2.75, 3.05) is 6.61 Å². The van der Waals surface area contributed by atoms with Crippen LogP contribution in [0.5, 0.6) is 5.75 Å². The van der Waals surface area contributed by atoms with Gasteiger partial charge in [0, 0.05) is 5.02 Å². The minimum absolute atomic E-state index is 0.0212. The molecule has 0 bridgehead atoms. The third-order valence-corrected chi connectivity index (χ3v) is 4.57. The smallest absolute Gasteiger partial charge is 0.288 e. The van der Waals surface area contributed by atoms with Gasteiger partial charge in [0.2, 0.25) is 0 Å². The van der Waals surface area contributed by atoms with Crippen molar-refractivity contribution < 1.29 is 13.2 Å². The lowest BCUT2D eigenvalue weighted by atomic mass is 10.2. The highest BCUT2D eigenvalue weighted by Crippen LogP contribution is 2.31. The quantitative estimate of drug-likeness (QED) is 0.846. The number of hydrogen-bond acceptors (Lipinski definition) is 5. The van der Waals surface area contributed by atoms with Gasteiger partial charge in [0.05, 0.1) is 6.61 Å². The van der Waals surface area contributed by atoms with Crippen LogP contribution in [0, 0.1) is 6.92 Å². The summed E-state index contributed by atoms with van der Waals surface area (Å²) in [6.07, 6.45) is 3.04. The molecule has 0 saturated carbocycles. The van der Waals surface area contributed by atoms with E-state index in [1.807, 2.05) is 6.92 Å². The zero-order valence-corrected chi connectivity index (χ0v) is 12.6. The van der Waals surface area contributed by atoms with E-state index in [0.29, 0.717) is 11.6 Å². The topological polar surface area (TPSA) is 74.1 Å².